The maximum Gasteiger partial charge on any atom is 0.409 e. The molecule has 1 atom stereocenters. The number of carbonyl (C=O) groups is 3. The zero-order valence-corrected chi connectivity index (χ0v) is 14.1. The van der Waals surface area contributed by atoms with Gasteiger partial charge in [0.1, 0.15) is 0 Å². The highest BCUT2D eigenvalue weighted by Crippen LogP contribution is 2.28. The van der Waals surface area contributed by atoms with Crippen LogP contribution in [0.2, 0.25) is 0 Å². The van der Waals surface area contributed by atoms with Gasteiger partial charge in [-0.1, -0.05) is 6.92 Å². The van der Waals surface area contributed by atoms with E-state index in [0.717, 1.165) is 12.8 Å². The summed E-state index contributed by atoms with van der Waals surface area (Å²) >= 11 is 0. The number of nitrogens with one attached hydrogen (secondary N) is 1. The molecule has 2 rings (SSSR count). The highest BCUT2D eigenvalue weighted by molar-refractivity contribution is 5.80. The minimum atomic E-state index is -0.307. The van der Waals surface area contributed by atoms with Crippen molar-refractivity contribution in [1.82, 2.24) is 15.1 Å². The molecule has 2 aliphatic rings. The predicted octanol–water partition coefficient (Wildman–Crippen LogP) is 1.13. The van der Waals surface area contributed by atoms with E-state index in [4.69, 9.17) is 4.74 Å². The van der Waals surface area contributed by atoms with E-state index >= 15 is 0 Å². The third-order valence-corrected chi connectivity index (χ3v) is 4.89. The van der Waals surface area contributed by atoms with Crippen LogP contribution in [0.3, 0.4) is 0 Å². The van der Waals surface area contributed by atoms with Gasteiger partial charge in [0.25, 0.3) is 0 Å². The molecule has 2 heterocycles. The molecule has 0 aromatic carbocycles. The van der Waals surface area contributed by atoms with Gasteiger partial charge in [0.15, 0.2) is 0 Å². The lowest BCUT2D eigenvalue weighted by molar-refractivity contribution is -0.133. The Hall–Kier alpha value is -1.79. The summed E-state index contributed by atoms with van der Waals surface area (Å²) in [5.41, 5.74) is -0.209. The summed E-state index contributed by atoms with van der Waals surface area (Å²) in [6.07, 6.45) is 3.03. The van der Waals surface area contributed by atoms with Crippen molar-refractivity contribution in [3.63, 3.8) is 0 Å². The maximum atomic E-state index is 12.4. The molecule has 0 spiro atoms. The molecule has 7 nitrogen and oxygen atoms in total. The molecule has 0 aromatic heterocycles. The lowest BCUT2D eigenvalue weighted by atomic mass is 9.88. The van der Waals surface area contributed by atoms with Crippen LogP contribution in [0.25, 0.3) is 0 Å². The van der Waals surface area contributed by atoms with Crippen molar-refractivity contribution in [2.45, 2.75) is 51.5 Å². The normalized spacial score (nSPS) is 24.5. The second-order valence-corrected chi connectivity index (χ2v) is 6.25. The largest absolute Gasteiger partial charge is 0.450 e. The first-order chi connectivity index (χ1) is 11.0. The van der Waals surface area contributed by atoms with E-state index in [2.05, 4.69) is 5.32 Å². The average molecular weight is 325 g/mol. The van der Waals surface area contributed by atoms with Gasteiger partial charge >= 0.3 is 6.09 Å². The molecule has 0 unspecified atom stereocenters. The molecule has 0 bridgehead atoms. The third kappa shape index (κ3) is 4.36. The third-order valence-electron chi connectivity index (χ3n) is 4.89. The Balaban J connectivity index is 1.77. The zero-order valence-electron chi connectivity index (χ0n) is 14.1. The van der Waals surface area contributed by atoms with Gasteiger partial charge < -0.3 is 19.9 Å². The first kappa shape index (κ1) is 17.6. The molecule has 0 aliphatic carbocycles. The molecule has 0 aromatic rings. The fraction of sp³-hybridized carbons (Fsp3) is 0.812. The van der Waals surface area contributed by atoms with Crippen LogP contribution in [-0.2, 0) is 14.3 Å². The van der Waals surface area contributed by atoms with Crippen molar-refractivity contribution < 1.29 is 19.1 Å². The van der Waals surface area contributed by atoms with Crippen molar-refractivity contribution in [2.75, 3.05) is 32.8 Å². The monoisotopic (exact) mass is 325 g/mol. The van der Waals surface area contributed by atoms with E-state index in [0.29, 0.717) is 52.0 Å². The van der Waals surface area contributed by atoms with Gasteiger partial charge in [0.05, 0.1) is 6.61 Å². The van der Waals surface area contributed by atoms with Crippen LogP contribution in [0, 0.1) is 0 Å². The minimum Gasteiger partial charge on any atom is -0.450 e. The first-order valence-electron chi connectivity index (χ1n) is 8.50. The maximum absolute atomic E-state index is 12.4. The predicted molar refractivity (Wildman–Crippen MR) is 84.8 cm³/mol. The Morgan fingerprint density at radius 2 is 1.83 bits per heavy atom. The smallest absolute Gasteiger partial charge is 0.409 e. The lowest BCUT2D eigenvalue weighted by Crippen LogP contribution is -2.51. The SMILES string of the molecule is CCOC(=O)N1CCN(C(=O)CC[C@]2(CC)CCC(=O)N2)CC1. The van der Waals surface area contributed by atoms with Gasteiger partial charge in [-0.2, -0.15) is 0 Å². The molecule has 0 saturated carbocycles. The van der Waals surface area contributed by atoms with Gasteiger partial charge in [-0.25, -0.2) is 4.79 Å². The number of amides is 3. The van der Waals surface area contributed by atoms with E-state index < -0.39 is 0 Å². The number of carbonyl (C=O) groups excluding carboxylic acids is 3. The molecule has 2 aliphatic heterocycles. The second-order valence-electron chi connectivity index (χ2n) is 6.25. The van der Waals surface area contributed by atoms with E-state index in [-0.39, 0.29) is 23.4 Å². The van der Waals surface area contributed by atoms with Gasteiger partial charge in [-0.05, 0) is 26.2 Å². The number of hydrogen-bond acceptors (Lipinski definition) is 4. The van der Waals surface area contributed by atoms with Crippen LogP contribution in [0.15, 0.2) is 0 Å². The summed E-state index contributed by atoms with van der Waals surface area (Å²) in [7, 11) is 0. The Morgan fingerprint density at radius 3 is 2.35 bits per heavy atom. The standard InChI is InChI=1S/C16H27N3O4/c1-3-16(7-5-13(20)17-16)8-6-14(21)18-9-11-19(12-10-18)15(22)23-4-2/h3-12H2,1-2H3,(H,17,20)/t16-/m0/s1. The first-order valence-corrected chi connectivity index (χ1v) is 8.50. The summed E-state index contributed by atoms with van der Waals surface area (Å²) in [5, 5.41) is 3.03. The molecule has 23 heavy (non-hydrogen) atoms. The zero-order chi connectivity index (χ0) is 16.9. The second kappa shape index (κ2) is 7.66. The molecule has 3 amide bonds. The number of hydrogen-bond donors (Lipinski definition) is 1. The highest BCUT2D eigenvalue weighted by atomic mass is 16.6. The Labute approximate surface area is 137 Å². The number of piperazine rings is 1. The Kier molecular flexibility index (Phi) is 5.85. The van der Waals surface area contributed by atoms with E-state index in [1.54, 1.807) is 16.7 Å². The summed E-state index contributed by atoms with van der Waals surface area (Å²) in [5.74, 6) is 0.185. The highest BCUT2D eigenvalue weighted by Gasteiger charge is 2.36. The van der Waals surface area contributed by atoms with Crippen LogP contribution < -0.4 is 5.32 Å². The van der Waals surface area contributed by atoms with Crippen LogP contribution in [-0.4, -0.2) is 66.0 Å². The van der Waals surface area contributed by atoms with Crippen LogP contribution in [0.4, 0.5) is 4.79 Å². The summed E-state index contributed by atoms with van der Waals surface area (Å²) in [4.78, 5) is 38.9. The molecule has 7 heteroatoms. The Bertz CT molecular complexity index is 460. The molecule has 2 saturated heterocycles. The van der Waals surface area contributed by atoms with E-state index in [1.807, 2.05) is 6.92 Å². The fourth-order valence-corrected chi connectivity index (χ4v) is 3.26. The van der Waals surface area contributed by atoms with Crippen molar-refractivity contribution in [3.8, 4) is 0 Å². The number of ether oxygens (including phenoxy) is 1. The van der Waals surface area contributed by atoms with Crippen molar-refractivity contribution in [2.24, 2.45) is 0 Å². The van der Waals surface area contributed by atoms with Crippen LogP contribution in [0.5, 0.6) is 0 Å². The molecule has 130 valence electrons. The molecular formula is C16H27N3O4. The fourth-order valence-electron chi connectivity index (χ4n) is 3.26. The van der Waals surface area contributed by atoms with Crippen molar-refractivity contribution >= 4 is 17.9 Å². The number of rotatable bonds is 5. The van der Waals surface area contributed by atoms with E-state index in [9.17, 15) is 14.4 Å². The topological polar surface area (TPSA) is 79.0 Å². The van der Waals surface area contributed by atoms with Gasteiger partial charge in [-0.15, -0.1) is 0 Å². The number of nitrogens with zero attached hydrogens (tertiary/aromatic N) is 2. The van der Waals surface area contributed by atoms with Gasteiger partial charge in [-0.3, -0.25) is 9.59 Å². The quantitative estimate of drug-likeness (QED) is 0.822. The lowest BCUT2D eigenvalue weighted by Gasteiger charge is -2.35. The van der Waals surface area contributed by atoms with Gasteiger partial charge in [0, 0.05) is 44.6 Å². The molecule has 0 radical (unpaired) electrons. The Morgan fingerprint density at radius 1 is 1.17 bits per heavy atom. The van der Waals surface area contributed by atoms with Gasteiger partial charge in [0.2, 0.25) is 11.8 Å². The van der Waals surface area contributed by atoms with Crippen molar-refractivity contribution in [1.29, 1.82) is 0 Å². The van der Waals surface area contributed by atoms with Crippen LogP contribution >= 0.6 is 0 Å². The summed E-state index contributed by atoms with van der Waals surface area (Å²) < 4.78 is 4.97. The molecular weight excluding hydrogens is 298 g/mol. The minimum absolute atomic E-state index is 0.0855. The van der Waals surface area contributed by atoms with Crippen LogP contribution in [0.1, 0.15) is 46.0 Å². The average Bonchev–Trinajstić information content (AvgIpc) is 2.95. The van der Waals surface area contributed by atoms with E-state index in [1.165, 1.54) is 0 Å². The van der Waals surface area contributed by atoms with Crippen molar-refractivity contribution in [3.05, 3.63) is 0 Å². The molecule has 1 N–H and O–H groups in total. The summed E-state index contributed by atoms with van der Waals surface area (Å²) in [6.45, 7) is 6.31. The molecule has 2 fully saturated rings. The summed E-state index contributed by atoms with van der Waals surface area (Å²) in [6, 6.07) is 0.